The van der Waals surface area contributed by atoms with E-state index in [-0.39, 0.29) is 17.7 Å². The van der Waals surface area contributed by atoms with Gasteiger partial charge in [0.25, 0.3) is 0 Å². The second-order valence-electron chi connectivity index (χ2n) is 8.50. The molecule has 1 saturated heterocycles. The molecule has 0 unspecified atom stereocenters. The Balaban J connectivity index is 1.51. The largest absolute Gasteiger partial charge is 0.459 e. The van der Waals surface area contributed by atoms with Gasteiger partial charge in [-0.15, -0.1) is 0 Å². The fraction of sp³-hybridized carbons (Fsp3) is 0.250. The third-order valence-corrected chi connectivity index (χ3v) is 5.73. The second kappa shape index (κ2) is 11.2. The molecule has 1 N–H and O–H groups in total. The smallest absolute Gasteiger partial charge is 0.338 e. The Morgan fingerprint density at radius 1 is 0.694 bits per heavy atom. The zero-order valence-corrected chi connectivity index (χ0v) is 19.8. The van der Waals surface area contributed by atoms with E-state index in [0.29, 0.717) is 5.56 Å². The molecule has 8 heteroatoms. The van der Waals surface area contributed by atoms with Crippen molar-refractivity contribution in [3.63, 3.8) is 0 Å². The lowest BCUT2D eigenvalue weighted by atomic mass is 10.1. The van der Waals surface area contributed by atoms with Crippen LogP contribution in [0.5, 0.6) is 0 Å². The number of hydrogen-bond donors (Lipinski definition) is 1. The van der Waals surface area contributed by atoms with Crippen LogP contribution in [0, 0.1) is 13.8 Å². The van der Waals surface area contributed by atoms with Gasteiger partial charge >= 0.3 is 17.9 Å². The number of carbonyl (C=O) groups excluding carboxylic acids is 3. The van der Waals surface area contributed by atoms with E-state index in [2.05, 4.69) is 0 Å². The lowest BCUT2D eigenvalue weighted by Gasteiger charge is -2.23. The molecular formula is C28H26O8. The third kappa shape index (κ3) is 5.97. The number of carbonyl (C=O) groups is 3. The number of aliphatic hydroxyl groups excluding tert-OH is 1. The fourth-order valence-electron chi connectivity index (χ4n) is 3.69. The Labute approximate surface area is 208 Å². The first-order valence-corrected chi connectivity index (χ1v) is 11.4. The van der Waals surface area contributed by atoms with Crippen molar-refractivity contribution in [1.82, 2.24) is 0 Å². The summed E-state index contributed by atoms with van der Waals surface area (Å²) in [5.74, 6) is -2.04. The van der Waals surface area contributed by atoms with E-state index in [9.17, 15) is 19.5 Å². The molecule has 0 aliphatic carbocycles. The Bertz CT molecular complexity index is 1200. The first-order valence-electron chi connectivity index (χ1n) is 11.4. The van der Waals surface area contributed by atoms with E-state index >= 15 is 0 Å². The van der Waals surface area contributed by atoms with Gasteiger partial charge in [-0.3, -0.25) is 0 Å². The Kier molecular flexibility index (Phi) is 7.77. The van der Waals surface area contributed by atoms with E-state index in [1.165, 1.54) is 0 Å². The van der Waals surface area contributed by atoms with Crippen molar-refractivity contribution in [2.45, 2.75) is 38.4 Å². The van der Waals surface area contributed by atoms with Crippen LogP contribution in [-0.2, 0) is 18.9 Å². The van der Waals surface area contributed by atoms with Crippen LogP contribution in [0.25, 0.3) is 0 Å². The summed E-state index contributed by atoms with van der Waals surface area (Å²) in [6, 6.07) is 21.7. The van der Waals surface area contributed by atoms with E-state index in [1.807, 2.05) is 13.8 Å². The first-order chi connectivity index (χ1) is 17.3. The topological polar surface area (TPSA) is 108 Å². The van der Waals surface area contributed by atoms with Crippen molar-refractivity contribution >= 4 is 17.9 Å². The van der Waals surface area contributed by atoms with E-state index < -0.39 is 42.5 Å². The molecule has 0 spiro atoms. The third-order valence-electron chi connectivity index (χ3n) is 5.73. The predicted molar refractivity (Wildman–Crippen MR) is 128 cm³/mol. The second-order valence-corrected chi connectivity index (χ2v) is 8.50. The van der Waals surface area contributed by atoms with Crippen LogP contribution in [0.4, 0.5) is 0 Å². The minimum atomic E-state index is -1.60. The highest BCUT2D eigenvalue weighted by Gasteiger charge is 2.50. The minimum Gasteiger partial charge on any atom is -0.459 e. The van der Waals surface area contributed by atoms with E-state index in [0.717, 1.165) is 11.1 Å². The van der Waals surface area contributed by atoms with Gasteiger partial charge in [0, 0.05) is 0 Å². The Morgan fingerprint density at radius 2 is 1.17 bits per heavy atom. The predicted octanol–water partition coefficient (Wildman–Crippen LogP) is 3.63. The number of benzene rings is 3. The molecule has 3 aromatic carbocycles. The molecule has 1 fully saturated rings. The van der Waals surface area contributed by atoms with Crippen molar-refractivity contribution in [3.8, 4) is 0 Å². The molecule has 1 aliphatic heterocycles. The molecule has 0 aromatic heterocycles. The summed E-state index contributed by atoms with van der Waals surface area (Å²) in [7, 11) is 0. The molecule has 36 heavy (non-hydrogen) atoms. The number of ether oxygens (including phenoxy) is 4. The standard InChI is InChI=1S/C28H26O8/c1-17-8-12-20(13-9-17)25(29)33-16-22-23(35-27(31)21-14-10-18(2)11-15-21)24(28(32)34-22)36-26(30)19-6-4-3-5-7-19/h3-15,22-24,28,32H,16H2,1-2H3/t22-,23-,24-,28+/m1/s1. The van der Waals surface area contributed by atoms with Gasteiger partial charge in [-0.2, -0.15) is 0 Å². The normalized spacial score (nSPS) is 21.0. The quantitative estimate of drug-likeness (QED) is 0.395. The van der Waals surface area contributed by atoms with Crippen molar-refractivity contribution in [2.24, 2.45) is 0 Å². The molecule has 186 valence electrons. The molecule has 1 heterocycles. The lowest BCUT2D eigenvalue weighted by molar-refractivity contribution is -0.135. The SMILES string of the molecule is Cc1ccc(C(=O)OC[C@H]2O[C@H](O)[C@H](OC(=O)c3ccccc3)[C@@H]2OC(=O)c2ccc(C)cc2)cc1. The first kappa shape index (κ1) is 25.1. The molecule has 1 aliphatic rings. The lowest BCUT2D eigenvalue weighted by Crippen LogP contribution is -2.42. The molecular weight excluding hydrogens is 464 g/mol. The van der Waals surface area contributed by atoms with Crippen LogP contribution < -0.4 is 0 Å². The number of aliphatic hydroxyl groups is 1. The number of aryl methyl sites for hydroxylation is 2. The van der Waals surface area contributed by atoms with Gasteiger partial charge in [-0.25, -0.2) is 14.4 Å². The van der Waals surface area contributed by atoms with Gasteiger partial charge in [-0.05, 0) is 50.2 Å². The van der Waals surface area contributed by atoms with Crippen LogP contribution >= 0.6 is 0 Å². The highest BCUT2D eigenvalue weighted by Crippen LogP contribution is 2.28. The maximum Gasteiger partial charge on any atom is 0.338 e. The summed E-state index contributed by atoms with van der Waals surface area (Å²) < 4.78 is 22.0. The van der Waals surface area contributed by atoms with Crippen LogP contribution in [0.15, 0.2) is 78.9 Å². The molecule has 4 rings (SSSR count). The number of rotatable bonds is 7. The summed E-state index contributed by atoms with van der Waals surface area (Å²) >= 11 is 0. The maximum absolute atomic E-state index is 12.8. The summed E-state index contributed by atoms with van der Waals surface area (Å²) in [4.78, 5) is 38.0. The maximum atomic E-state index is 12.8. The summed E-state index contributed by atoms with van der Waals surface area (Å²) in [6.07, 6.45) is -5.24. The highest BCUT2D eigenvalue weighted by molar-refractivity contribution is 5.91. The number of hydrogen-bond acceptors (Lipinski definition) is 8. The van der Waals surface area contributed by atoms with Gasteiger partial charge < -0.3 is 24.1 Å². The van der Waals surface area contributed by atoms with Crippen molar-refractivity contribution in [3.05, 3.63) is 107 Å². The molecule has 0 bridgehead atoms. The fourth-order valence-corrected chi connectivity index (χ4v) is 3.69. The van der Waals surface area contributed by atoms with Crippen molar-refractivity contribution < 1.29 is 38.4 Å². The van der Waals surface area contributed by atoms with E-state index in [1.54, 1.807) is 78.9 Å². The molecule has 4 atom stereocenters. The Morgan fingerprint density at radius 3 is 1.72 bits per heavy atom. The molecule has 8 nitrogen and oxygen atoms in total. The van der Waals surface area contributed by atoms with Gasteiger partial charge in [0.05, 0.1) is 16.7 Å². The van der Waals surface area contributed by atoms with Gasteiger partial charge in [0.1, 0.15) is 12.7 Å². The molecule has 0 amide bonds. The van der Waals surface area contributed by atoms with Crippen molar-refractivity contribution in [2.75, 3.05) is 6.61 Å². The molecule has 3 aromatic rings. The Hall–Kier alpha value is -4.01. The molecule has 0 radical (unpaired) electrons. The zero-order valence-electron chi connectivity index (χ0n) is 19.8. The molecule has 0 saturated carbocycles. The average molecular weight is 491 g/mol. The summed E-state index contributed by atoms with van der Waals surface area (Å²) in [5.41, 5.74) is 2.80. The minimum absolute atomic E-state index is 0.252. The van der Waals surface area contributed by atoms with E-state index in [4.69, 9.17) is 18.9 Å². The summed E-state index contributed by atoms with van der Waals surface area (Å²) in [6.45, 7) is 3.44. The van der Waals surface area contributed by atoms with Crippen LogP contribution in [-0.4, -0.2) is 54.2 Å². The number of esters is 3. The highest BCUT2D eigenvalue weighted by atomic mass is 16.7. The van der Waals surface area contributed by atoms with Gasteiger partial charge in [0.2, 0.25) is 0 Å². The van der Waals surface area contributed by atoms with Gasteiger partial charge in [0.15, 0.2) is 18.5 Å². The van der Waals surface area contributed by atoms with Crippen molar-refractivity contribution in [1.29, 1.82) is 0 Å². The van der Waals surface area contributed by atoms with Crippen LogP contribution in [0.2, 0.25) is 0 Å². The average Bonchev–Trinajstić information content (AvgIpc) is 3.17. The van der Waals surface area contributed by atoms with Gasteiger partial charge in [-0.1, -0.05) is 53.6 Å². The van der Waals surface area contributed by atoms with Crippen LogP contribution in [0.3, 0.4) is 0 Å². The monoisotopic (exact) mass is 490 g/mol. The zero-order chi connectivity index (χ0) is 25.7. The van der Waals surface area contributed by atoms with Crippen LogP contribution in [0.1, 0.15) is 42.2 Å². The summed E-state index contributed by atoms with van der Waals surface area (Å²) in [5, 5.41) is 10.5.